The van der Waals surface area contributed by atoms with E-state index in [0.717, 1.165) is 16.9 Å². The highest BCUT2D eigenvalue weighted by atomic mass is 35.5. The molecule has 2 aromatic carbocycles. The van der Waals surface area contributed by atoms with Crippen molar-refractivity contribution in [2.75, 3.05) is 32.1 Å². The molecule has 0 aliphatic carbocycles. The van der Waals surface area contributed by atoms with Crippen molar-refractivity contribution in [3.63, 3.8) is 0 Å². The first kappa shape index (κ1) is 28.3. The second-order valence-electron chi connectivity index (χ2n) is 7.90. The number of halogens is 1. The van der Waals surface area contributed by atoms with E-state index in [1.807, 2.05) is 25.1 Å². The third-order valence-electron chi connectivity index (χ3n) is 5.29. The Hall–Kier alpha value is -1.95. The molecule has 0 bridgehead atoms. The van der Waals surface area contributed by atoms with Crippen LogP contribution in [0.1, 0.15) is 37.3 Å². The standard InChI is InChI=1S/C23H31N3O5S2.ClH/c1-3-15-33(29,30)26(13-14-31-16-17(2)18-7-5-4-6-8-18)24-12-11-19-9-10-20(27)21-22(19)32-23(28)25-21;/h4-10,17,24,27H,3,11-16H2,1-2H3,(H,25,28);1H. The van der Waals surface area contributed by atoms with E-state index < -0.39 is 10.0 Å². The quantitative estimate of drug-likeness (QED) is 0.230. The Labute approximate surface area is 210 Å². The molecule has 1 heterocycles. The number of H-pyrrole nitrogens is 1. The topological polar surface area (TPSA) is 112 Å². The molecule has 1 atom stereocenters. The number of aromatic amines is 1. The Kier molecular flexibility index (Phi) is 11.0. The fraction of sp³-hybridized carbons (Fsp3) is 0.435. The van der Waals surface area contributed by atoms with Gasteiger partial charge in [-0.25, -0.2) is 13.8 Å². The molecule has 188 valence electrons. The lowest BCUT2D eigenvalue weighted by Gasteiger charge is -2.23. The van der Waals surface area contributed by atoms with Crippen molar-refractivity contribution in [1.29, 1.82) is 0 Å². The third kappa shape index (κ3) is 7.53. The number of hydrogen-bond donors (Lipinski definition) is 3. The van der Waals surface area contributed by atoms with Crippen LogP contribution in [0.5, 0.6) is 5.75 Å². The smallest absolute Gasteiger partial charge is 0.305 e. The summed E-state index contributed by atoms with van der Waals surface area (Å²) in [6, 6.07) is 13.3. The zero-order valence-corrected chi connectivity index (χ0v) is 21.8. The number of ether oxygens (including phenoxy) is 1. The zero-order valence-electron chi connectivity index (χ0n) is 19.3. The van der Waals surface area contributed by atoms with Gasteiger partial charge >= 0.3 is 4.87 Å². The van der Waals surface area contributed by atoms with Crippen molar-refractivity contribution < 1.29 is 18.3 Å². The van der Waals surface area contributed by atoms with Gasteiger partial charge in [-0.1, -0.05) is 61.6 Å². The number of nitrogens with one attached hydrogen (secondary N) is 2. The number of sulfonamides is 1. The monoisotopic (exact) mass is 529 g/mol. The summed E-state index contributed by atoms with van der Waals surface area (Å²) in [6.07, 6.45) is 1.01. The normalized spacial score (nSPS) is 12.7. The second kappa shape index (κ2) is 13.2. The summed E-state index contributed by atoms with van der Waals surface area (Å²) in [4.78, 5) is 14.1. The summed E-state index contributed by atoms with van der Waals surface area (Å²) in [7, 11) is -3.48. The molecule has 0 radical (unpaired) electrons. The molecule has 11 heteroatoms. The molecule has 0 amide bonds. The molecule has 34 heavy (non-hydrogen) atoms. The minimum atomic E-state index is -3.48. The van der Waals surface area contributed by atoms with Gasteiger partial charge in [0.05, 0.1) is 30.2 Å². The maximum Gasteiger partial charge on any atom is 0.305 e. The van der Waals surface area contributed by atoms with Gasteiger partial charge in [0, 0.05) is 12.5 Å². The van der Waals surface area contributed by atoms with E-state index in [1.165, 1.54) is 16.0 Å². The number of thiazole rings is 1. The van der Waals surface area contributed by atoms with Crippen LogP contribution in [-0.2, 0) is 21.2 Å². The fourth-order valence-electron chi connectivity index (χ4n) is 3.56. The predicted octanol–water partition coefficient (Wildman–Crippen LogP) is 3.63. The first-order valence-corrected chi connectivity index (χ1v) is 13.4. The maximum atomic E-state index is 12.7. The number of nitrogens with zero attached hydrogens (tertiary/aromatic N) is 1. The summed E-state index contributed by atoms with van der Waals surface area (Å²) in [6.45, 7) is 5.24. The molecule has 0 spiro atoms. The molecule has 3 N–H and O–H groups in total. The lowest BCUT2D eigenvalue weighted by Crippen LogP contribution is -2.46. The van der Waals surface area contributed by atoms with Gasteiger partial charge in [0.25, 0.3) is 0 Å². The number of benzene rings is 2. The minimum Gasteiger partial charge on any atom is -0.506 e. The van der Waals surface area contributed by atoms with Crippen LogP contribution >= 0.6 is 23.7 Å². The van der Waals surface area contributed by atoms with E-state index in [1.54, 1.807) is 6.07 Å². The minimum absolute atomic E-state index is 0. The van der Waals surface area contributed by atoms with Crippen LogP contribution in [0.15, 0.2) is 47.3 Å². The number of hydrogen-bond acceptors (Lipinski definition) is 7. The molecule has 3 aromatic rings. The van der Waals surface area contributed by atoms with Crippen LogP contribution in [0, 0.1) is 0 Å². The van der Waals surface area contributed by atoms with E-state index in [4.69, 9.17) is 4.74 Å². The van der Waals surface area contributed by atoms with Gasteiger partial charge in [0.15, 0.2) is 0 Å². The van der Waals surface area contributed by atoms with Gasteiger partial charge in [-0.05, 0) is 30.0 Å². The Morgan fingerprint density at radius 1 is 1.21 bits per heavy atom. The molecule has 1 aromatic heterocycles. The molecule has 8 nitrogen and oxygen atoms in total. The van der Waals surface area contributed by atoms with Gasteiger partial charge < -0.3 is 14.8 Å². The molecule has 0 fully saturated rings. The van der Waals surface area contributed by atoms with E-state index >= 15 is 0 Å². The van der Waals surface area contributed by atoms with Gasteiger partial charge in [-0.3, -0.25) is 4.79 Å². The number of hydrazine groups is 1. The average Bonchev–Trinajstić information content (AvgIpc) is 3.19. The lowest BCUT2D eigenvalue weighted by atomic mass is 10.0. The number of phenols is 1. The van der Waals surface area contributed by atoms with Crippen LogP contribution in [0.4, 0.5) is 0 Å². The predicted molar refractivity (Wildman–Crippen MR) is 140 cm³/mol. The van der Waals surface area contributed by atoms with E-state index in [0.29, 0.717) is 36.2 Å². The highest BCUT2D eigenvalue weighted by molar-refractivity contribution is 7.89. The highest BCUT2D eigenvalue weighted by Gasteiger charge is 2.21. The van der Waals surface area contributed by atoms with E-state index in [9.17, 15) is 18.3 Å². The van der Waals surface area contributed by atoms with Crippen molar-refractivity contribution in [2.24, 2.45) is 0 Å². The average molecular weight is 530 g/mol. The summed E-state index contributed by atoms with van der Waals surface area (Å²) in [5, 5.41) is 9.94. The van der Waals surface area contributed by atoms with Gasteiger partial charge in [0.1, 0.15) is 11.3 Å². The van der Waals surface area contributed by atoms with Gasteiger partial charge in [-0.2, -0.15) is 0 Å². The Bertz CT molecular complexity index is 1200. The van der Waals surface area contributed by atoms with Crippen molar-refractivity contribution >= 4 is 44.0 Å². The molecular weight excluding hydrogens is 498 g/mol. The molecule has 0 saturated carbocycles. The van der Waals surface area contributed by atoms with Gasteiger partial charge in [0.2, 0.25) is 10.0 Å². The fourth-order valence-corrected chi connectivity index (χ4v) is 5.83. The lowest BCUT2D eigenvalue weighted by molar-refractivity contribution is 0.105. The number of fused-ring (bicyclic) bond motifs is 1. The Morgan fingerprint density at radius 3 is 2.65 bits per heavy atom. The third-order valence-corrected chi connectivity index (χ3v) is 8.16. The van der Waals surface area contributed by atoms with Crippen molar-refractivity contribution in [3.8, 4) is 5.75 Å². The highest BCUT2D eigenvalue weighted by Crippen LogP contribution is 2.27. The summed E-state index contributed by atoms with van der Waals surface area (Å²) in [5.41, 5.74) is 5.47. The molecule has 1 unspecified atom stereocenters. The zero-order chi connectivity index (χ0) is 23.8. The number of phenolic OH excluding ortho intramolecular Hbond substituents is 1. The molecule has 0 aliphatic rings. The van der Waals surface area contributed by atoms with Crippen molar-refractivity contribution in [2.45, 2.75) is 32.6 Å². The summed E-state index contributed by atoms with van der Waals surface area (Å²) in [5.74, 6) is 0.280. The number of rotatable bonds is 13. The molecule has 0 saturated heterocycles. The van der Waals surface area contributed by atoms with Crippen LogP contribution in [0.2, 0.25) is 0 Å². The maximum absolute atomic E-state index is 12.7. The first-order valence-electron chi connectivity index (χ1n) is 11.0. The first-order chi connectivity index (χ1) is 15.8. The van der Waals surface area contributed by atoms with Crippen LogP contribution in [0.3, 0.4) is 0 Å². The summed E-state index contributed by atoms with van der Waals surface area (Å²) >= 11 is 1.03. The summed E-state index contributed by atoms with van der Waals surface area (Å²) < 4.78 is 33.2. The molecule has 3 rings (SSSR count). The van der Waals surface area contributed by atoms with Crippen LogP contribution in [0.25, 0.3) is 10.2 Å². The van der Waals surface area contributed by atoms with Gasteiger partial charge in [-0.15, -0.1) is 16.8 Å². The van der Waals surface area contributed by atoms with E-state index in [2.05, 4.69) is 29.5 Å². The Balaban J connectivity index is 0.00000408. The van der Waals surface area contributed by atoms with Crippen molar-refractivity contribution in [1.82, 2.24) is 14.8 Å². The molecular formula is C23H32ClN3O5S2. The second-order valence-corrected chi connectivity index (χ2v) is 10.9. The SMILES string of the molecule is CCCS(=O)(=O)N(CCOCC(C)c1ccccc1)NCCc1ccc(O)c2[nH]c(=O)sc12.Cl. The van der Waals surface area contributed by atoms with Crippen LogP contribution < -0.4 is 10.3 Å². The number of aromatic nitrogens is 1. The van der Waals surface area contributed by atoms with Crippen molar-refractivity contribution in [3.05, 3.63) is 63.3 Å². The molecule has 0 aliphatic heterocycles. The number of aromatic hydroxyl groups is 1. The van der Waals surface area contributed by atoms with Crippen LogP contribution in [-0.4, -0.2) is 55.0 Å². The Morgan fingerprint density at radius 2 is 1.94 bits per heavy atom. The largest absolute Gasteiger partial charge is 0.506 e. The van der Waals surface area contributed by atoms with E-state index in [-0.39, 0.29) is 47.9 Å².